The molecule has 0 amide bonds. The molecule has 2 aromatic rings. The highest BCUT2D eigenvalue weighted by molar-refractivity contribution is 5.80. The third-order valence-corrected chi connectivity index (χ3v) is 3.99. The summed E-state index contributed by atoms with van der Waals surface area (Å²) in [4.78, 5) is 0. The fourth-order valence-electron chi connectivity index (χ4n) is 2.86. The zero-order chi connectivity index (χ0) is 13.1. The van der Waals surface area contributed by atoms with E-state index in [-0.39, 0.29) is 0 Å². The minimum absolute atomic E-state index is 1.25. The predicted octanol–water partition coefficient (Wildman–Crippen LogP) is 5.13. The van der Waals surface area contributed by atoms with Gasteiger partial charge in [-0.15, -0.1) is 0 Å². The summed E-state index contributed by atoms with van der Waals surface area (Å²) in [5.74, 6) is 0. The molecule has 0 N–H and O–H groups in total. The number of benzene rings is 2. The molecule has 0 atom stereocenters. The lowest BCUT2D eigenvalue weighted by Gasteiger charge is -2.16. The Morgan fingerprint density at radius 2 is 1.63 bits per heavy atom. The van der Waals surface area contributed by atoms with Crippen molar-refractivity contribution in [3.63, 3.8) is 0 Å². The Balaban J connectivity index is 1.91. The van der Waals surface area contributed by atoms with Crippen LogP contribution in [0.2, 0.25) is 0 Å². The van der Waals surface area contributed by atoms with Crippen LogP contribution < -0.4 is 0 Å². The molecule has 0 spiro atoms. The Hall–Kier alpha value is -1.82. The van der Waals surface area contributed by atoms with Gasteiger partial charge in [-0.2, -0.15) is 0 Å². The van der Waals surface area contributed by atoms with Crippen LogP contribution in [0.3, 0.4) is 0 Å². The van der Waals surface area contributed by atoms with Gasteiger partial charge in [-0.05, 0) is 60.4 Å². The molecular weight excluding hydrogens is 228 g/mol. The number of aryl methyl sites for hydroxylation is 2. The van der Waals surface area contributed by atoms with Crippen molar-refractivity contribution in [2.45, 2.75) is 32.6 Å². The number of hydrogen-bond acceptors (Lipinski definition) is 0. The van der Waals surface area contributed by atoms with Gasteiger partial charge in [-0.3, -0.25) is 0 Å². The summed E-state index contributed by atoms with van der Waals surface area (Å²) in [6, 6.07) is 17.5. The van der Waals surface area contributed by atoms with Gasteiger partial charge in [0.15, 0.2) is 0 Å². The van der Waals surface area contributed by atoms with Crippen molar-refractivity contribution in [2.75, 3.05) is 0 Å². The Bertz CT molecular complexity index is 591. The summed E-state index contributed by atoms with van der Waals surface area (Å²) in [6.45, 7) is 2.21. The van der Waals surface area contributed by atoms with Gasteiger partial charge in [0.2, 0.25) is 0 Å². The third kappa shape index (κ3) is 2.78. The van der Waals surface area contributed by atoms with Gasteiger partial charge in [0.05, 0.1) is 0 Å². The van der Waals surface area contributed by atoms with Gasteiger partial charge in [0.1, 0.15) is 0 Å². The molecule has 0 radical (unpaired) electrons. The molecule has 0 aliphatic heterocycles. The quantitative estimate of drug-likeness (QED) is 0.647. The maximum Gasteiger partial charge on any atom is -0.0224 e. The highest BCUT2D eigenvalue weighted by atomic mass is 14.1. The Kier molecular flexibility index (Phi) is 3.50. The van der Waals surface area contributed by atoms with Crippen LogP contribution in [0.25, 0.3) is 11.6 Å². The summed E-state index contributed by atoms with van der Waals surface area (Å²) < 4.78 is 0. The zero-order valence-electron chi connectivity index (χ0n) is 11.5. The van der Waals surface area contributed by atoms with Gasteiger partial charge in [0, 0.05) is 0 Å². The molecule has 2 aromatic carbocycles. The molecule has 0 nitrogen and oxygen atoms in total. The van der Waals surface area contributed by atoms with Crippen LogP contribution in [0.15, 0.2) is 48.5 Å². The van der Waals surface area contributed by atoms with E-state index >= 15 is 0 Å². The summed E-state index contributed by atoms with van der Waals surface area (Å²) in [6.07, 6.45) is 7.48. The van der Waals surface area contributed by atoms with Crippen LogP contribution >= 0.6 is 0 Å². The minimum Gasteiger partial charge on any atom is -0.0622 e. The van der Waals surface area contributed by atoms with Gasteiger partial charge in [-0.25, -0.2) is 0 Å². The molecule has 1 aliphatic carbocycles. The van der Waals surface area contributed by atoms with Gasteiger partial charge in [-0.1, -0.05) is 54.6 Å². The first kappa shape index (κ1) is 12.2. The van der Waals surface area contributed by atoms with Crippen LogP contribution in [-0.2, 0) is 12.8 Å². The second kappa shape index (κ2) is 5.44. The van der Waals surface area contributed by atoms with Crippen LogP contribution in [0.4, 0.5) is 0 Å². The second-order valence-corrected chi connectivity index (χ2v) is 5.43. The SMILES string of the molecule is CC(=Cc1ccccc1)c1ccc2c(c1)CCCC2. The molecule has 0 bridgehead atoms. The first-order chi connectivity index (χ1) is 9.33. The lowest BCUT2D eigenvalue weighted by atomic mass is 9.89. The molecule has 3 rings (SSSR count). The molecule has 1 aliphatic rings. The Morgan fingerprint density at radius 3 is 2.42 bits per heavy atom. The largest absolute Gasteiger partial charge is 0.0622 e. The molecule has 19 heavy (non-hydrogen) atoms. The van der Waals surface area contributed by atoms with Crippen LogP contribution in [0.5, 0.6) is 0 Å². The molecule has 0 fully saturated rings. The van der Waals surface area contributed by atoms with Crippen molar-refractivity contribution < 1.29 is 0 Å². The van der Waals surface area contributed by atoms with Gasteiger partial charge >= 0.3 is 0 Å². The van der Waals surface area contributed by atoms with E-state index in [2.05, 4.69) is 61.5 Å². The number of fused-ring (bicyclic) bond motifs is 1. The molecule has 0 heteroatoms. The Labute approximate surface area is 115 Å². The molecule has 0 aromatic heterocycles. The van der Waals surface area contributed by atoms with E-state index in [4.69, 9.17) is 0 Å². The van der Waals surface area contributed by atoms with Crippen molar-refractivity contribution in [3.05, 3.63) is 70.8 Å². The third-order valence-electron chi connectivity index (χ3n) is 3.99. The maximum absolute atomic E-state index is 2.39. The monoisotopic (exact) mass is 248 g/mol. The summed E-state index contributed by atoms with van der Waals surface area (Å²) >= 11 is 0. The zero-order valence-corrected chi connectivity index (χ0v) is 11.5. The topological polar surface area (TPSA) is 0 Å². The van der Waals surface area contributed by atoms with E-state index < -0.39 is 0 Å². The lowest BCUT2D eigenvalue weighted by molar-refractivity contribution is 0.685. The van der Waals surface area contributed by atoms with E-state index in [0.29, 0.717) is 0 Å². The van der Waals surface area contributed by atoms with Crippen molar-refractivity contribution in [2.24, 2.45) is 0 Å². The van der Waals surface area contributed by atoms with E-state index in [0.717, 1.165) is 0 Å². The van der Waals surface area contributed by atoms with Gasteiger partial charge < -0.3 is 0 Å². The van der Waals surface area contributed by atoms with Crippen LogP contribution in [-0.4, -0.2) is 0 Å². The van der Waals surface area contributed by atoms with Crippen molar-refractivity contribution in [3.8, 4) is 0 Å². The first-order valence-electron chi connectivity index (χ1n) is 7.18. The minimum atomic E-state index is 1.25. The maximum atomic E-state index is 2.39. The number of hydrogen-bond donors (Lipinski definition) is 0. The lowest BCUT2D eigenvalue weighted by Crippen LogP contribution is -2.02. The fourth-order valence-corrected chi connectivity index (χ4v) is 2.86. The second-order valence-electron chi connectivity index (χ2n) is 5.43. The van der Waals surface area contributed by atoms with Crippen molar-refractivity contribution >= 4 is 11.6 Å². The summed E-state index contributed by atoms with van der Waals surface area (Å²) in [7, 11) is 0. The predicted molar refractivity (Wildman–Crippen MR) is 83.1 cm³/mol. The van der Waals surface area contributed by atoms with Crippen molar-refractivity contribution in [1.82, 2.24) is 0 Å². The average molecular weight is 248 g/mol. The Morgan fingerprint density at radius 1 is 0.895 bits per heavy atom. The molecule has 0 saturated carbocycles. The molecule has 96 valence electrons. The summed E-state index contributed by atoms with van der Waals surface area (Å²) in [5.41, 5.74) is 7.11. The smallest absolute Gasteiger partial charge is 0.0224 e. The highest BCUT2D eigenvalue weighted by Crippen LogP contribution is 2.26. The first-order valence-corrected chi connectivity index (χ1v) is 7.18. The van der Waals surface area contributed by atoms with Gasteiger partial charge in [0.25, 0.3) is 0 Å². The van der Waals surface area contributed by atoms with E-state index in [9.17, 15) is 0 Å². The number of allylic oxidation sites excluding steroid dienone is 1. The highest BCUT2D eigenvalue weighted by Gasteiger charge is 2.09. The van der Waals surface area contributed by atoms with Crippen LogP contribution in [0.1, 0.15) is 42.0 Å². The van der Waals surface area contributed by atoms with Crippen molar-refractivity contribution in [1.29, 1.82) is 0 Å². The molecular formula is C19H20. The standard InChI is InChI=1S/C19H20/c1-15(13-16-7-3-2-4-8-16)18-12-11-17-9-5-6-10-19(17)14-18/h2-4,7-8,11-14H,5-6,9-10H2,1H3. The molecule has 0 unspecified atom stereocenters. The normalized spacial score (nSPS) is 15.1. The molecule has 0 saturated heterocycles. The van der Waals surface area contributed by atoms with E-state index in [1.165, 1.54) is 42.4 Å². The van der Waals surface area contributed by atoms with Crippen LogP contribution in [0, 0.1) is 0 Å². The average Bonchev–Trinajstić information content (AvgIpc) is 2.48. The van der Waals surface area contributed by atoms with E-state index in [1.54, 1.807) is 11.1 Å². The van der Waals surface area contributed by atoms with E-state index in [1.807, 2.05) is 0 Å². The number of rotatable bonds is 2. The molecule has 0 heterocycles. The fraction of sp³-hybridized carbons (Fsp3) is 0.263. The summed E-state index contributed by atoms with van der Waals surface area (Å²) in [5, 5.41) is 0.